The maximum absolute atomic E-state index is 13.2. The molecule has 0 radical (unpaired) electrons. The largest absolute Gasteiger partial charge is 0.416 e. The Morgan fingerprint density at radius 3 is 2.55 bits per heavy atom. The van der Waals surface area contributed by atoms with Gasteiger partial charge in [-0.15, -0.1) is 0 Å². The molecule has 1 aliphatic rings. The Labute approximate surface area is 176 Å². The summed E-state index contributed by atoms with van der Waals surface area (Å²) >= 11 is 0. The van der Waals surface area contributed by atoms with Gasteiger partial charge in [0, 0.05) is 23.5 Å². The third-order valence-corrected chi connectivity index (χ3v) is 4.71. The predicted molar refractivity (Wildman–Crippen MR) is 112 cm³/mol. The quantitative estimate of drug-likeness (QED) is 0.546. The number of amides is 1. The van der Waals surface area contributed by atoms with Gasteiger partial charge in [-0.2, -0.15) is 13.2 Å². The number of carbonyl (C=O) groups excluding carboxylic acids is 1. The van der Waals surface area contributed by atoms with Crippen LogP contribution in [0.2, 0.25) is 0 Å². The zero-order chi connectivity index (χ0) is 22.0. The summed E-state index contributed by atoms with van der Waals surface area (Å²) in [7, 11) is 0. The van der Waals surface area contributed by atoms with Crippen molar-refractivity contribution in [3.05, 3.63) is 88.7 Å². The van der Waals surface area contributed by atoms with Crippen LogP contribution in [0.25, 0.3) is 0 Å². The molecule has 2 aromatic carbocycles. The third-order valence-electron chi connectivity index (χ3n) is 4.71. The number of pyridine rings is 1. The second-order valence-electron chi connectivity index (χ2n) is 7.04. The predicted octanol–water partition coefficient (Wildman–Crippen LogP) is 5.27. The summed E-state index contributed by atoms with van der Waals surface area (Å²) in [4.78, 5) is 20.9. The molecule has 1 aromatic heterocycles. The van der Waals surface area contributed by atoms with Crippen LogP contribution >= 0.6 is 0 Å². The molecule has 0 saturated heterocycles. The van der Waals surface area contributed by atoms with E-state index in [4.69, 9.17) is 0 Å². The van der Waals surface area contributed by atoms with Gasteiger partial charge in [-0.25, -0.2) is 0 Å². The second-order valence-corrected chi connectivity index (χ2v) is 7.04. The van der Waals surface area contributed by atoms with Crippen LogP contribution in [-0.4, -0.2) is 16.6 Å². The molecular formula is C24H16F3N3O. The minimum Gasteiger partial charge on any atom is -0.324 e. The molecule has 2 heterocycles. The van der Waals surface area contributed by atoms with Gasteiger partial charge in [0.1, 0.15) is 0 Å². The Hall–Kier alpha value is -3.92. The molecule has 0 bridgehead atoms. The molecule has 4 nitrogen and oxygen atoms in total. The maximum Gasteiger partial charge on any atom is 0.416 e. The number of nitrogens with zero attached hydrogens (tertiary/aromatic N) is 2. The Bertz CT molecular complexity index is 1250. The first kappa shape index (κ1) is 20.4. The van der Waals surface area contributed by atoms with Gasteiger partial charge in [0.15, 0.2) is 0 Å². The molecule has 31 heavy (non-hydrogen) atoms. The molecule has 154 valence electrons. The number of rotatable bonds is 1. The summed E-state index contributed by atoms with van der Waals surface area (Å²) < 4.78 is 39.7. The highest BCUT2D eigenvalue weighted by molar-refractivity contribution is 6.17. The highest BCUT2D eigenvalue weighted by atomic mass is 19.4. The van der Waals surface area contributed by atoms with E-state index in [1.165, 1.54) is 13.0 Å². The third kappa shape index (κ3) is 4.64. The molecule has 0 spiro atoms. The van der Waals surface area contributed by atoms with Crippen LogP contribution < -0.4 is 5.32 Å². The summed E-state index contributed by atoms with van der Waals surface area (Å²) in [5.41, 5.74) is 2.21. The van der Waals surface area contributed by atoms with Crippen LogP contribution in [-0.2, 0) is 11.0 Å². The van der Waals surface area contributed by atoms with E-state index in [2.05, 4.69) is 27.1 Å². The monoisotopic (exact) mass is 419 g/mol. The first-order chi connectivity index (χ1) is 14.8. The molecule has 3 aromatic rings. The molecule has 0 fully saturated rings. The van der Waals surface area contributed by atoms with E-state index in [0.717, 1.165) is 17.2 Å². The number of fused-ring (bicyclic) bond motifs is 1. The number of aliphatic imine (C=N–C) groups is 1. The number of alkyl halides is 3. The molecule has 1 N–H and O–H groups in total. The van der Waals surface area contributed by atoms with Crippen LogP contribution in [0, 0.1) is 18.8 Å². The number of carbonyl (C=O) groups is 1. The lowest BCUT2D eigenvalue weighted by Crippen LogP contribution is -2.15. The fourth-order valence-electron chi connectivity index (χ4n) is 3.25. The van der Waals surface area contributed by atoms with Gasteiger partial charge in [-0.1, -0.05) is 24.0 Å². The molecule has 1 aliphatic heterocycles. The Kier molecular flexibility index (Phi) is 5.30. The zero-order valence-electron chi connectivity index (χ0n) is 16.4. The SMILES string of the molecule is Cc1cc2c(cc1C(F)(F)F)NC(=O)CC(c1cccc(C#Cc3cccnc3)c1)=N2. The van der Waals surface area contributed by atoms with E-state index in [1.807, 2.05) is 12.1 Å². The average Bonchev–Trinajstić information content (AvgIpc) is 2.89. The standard InChI is InChI=1S/C24H16F3N3O/c1-15-10-21-22(12-19(15)24(25,26)27)30-23(31)13-20(29-21)18-6-2-4-16(11-18)7-8-17-5-3-9-28-14-17/h2-6,9-12,14H,13H2,1H3,(H,30,31). The molecule has 0 atom stereocenters. The first-order valence-corrected chi connectivity index (χ1v) is 9.41. The van der Waals surface area contributed by atoms with E-state index in [1.54, 1.807) is 36.7 Å². The molecule has 7 heteroatoms. The normalized spacial score (nSPS) is 13.3. The van der Waals surface area contributed by atoms with Crippen molar-refractivity contribution in [1.29, 1.82) is 0 Å². The van der Waals surface area contributed by atoms with E-state index >= 15 is 0 Å². The number of aromatic nitrogens is 1. The molecule has 1 amide bonds. The van der Waals surface area contributed by atoms with Gasteiger partial charge in [-0.3, -0.25) is 14.8 Å². The Morgan fingerprint density at radius 2 is 1.81 bits per heavy atom. The van der Waals surface area contributed by atoms with Crippen molar-refractivity contribution < 1.29 is 18.0 Å². The van der Waals surface area contributed by atoms with Crippen molar-refractivity contribution in [3.63, 3.8) is 0 Å². The molecule has 0 unspecified atom stereocenters. The van der Waals surface area contributed by atoms with Gasteiger partial charge < -0.3 is 5.32 Å². The lowest BCUT2D eigenvalue weighted by molar-refractivity contribution is -0.138. The molecule has 0 aliphatic carbocycles. The van der Waals surface area contributed by atoms with Gasteiger partial charge in [0.2, 0.25) is 5.91 Å². The van der Waals surface area contributed by atoms with Crippen LogP contribution in [0.3, 0.4) is 0 Å². The summed E-state index contributed by atoms with van der Waals surface area (Å²) in [6.07, 6.45) is -1.25. The van der Waals surface area contributed by atoms with Crippen LogP contribution in [0.15, 0.2) is 65.9 Å². The summed E-state index contributed by atoms with van der Waals surface area (Å²) in [6.45, 7) is 1.37. The van der Waals surface area contributed by atoms with E-state index in [9.17, 15) is 18.0 Å². The average molecular weight is 419 g/mol. The number of anilines is 1. The second kappa shape index (κ2) is 8.07. The minimum atomic E-state index is -4.51. The molecule has 4 rings (SSSR count). The lowest BCUT2D eigenvalue weighted by atomic mass is 10.0. The summed E-state index contributed by atoms with van der Waals surface area (Å²) in [5, 5.41) is 2.53. The Morgan fingerprint density at radius 1 is 1.03 bits per heavy atom. The van der Waals surface area contributed by atoms with Crippen molar-refractivity contribution in [3.8, 4) is 11.8 Å². The van der Waals surface area contributed by atoms with E-state index < -0.39 is 17.6 Å². The van der Waals surface area contributed by atoms with Crippen molar-refractivity contribution in [1.82, 2.24) is 4.98 Å². The van der Waals surface area contributed by atoms with E-state index in [-0.39, 0.29) is 23.4 Å². The maximum atomic E-state index is 13.2. The highest BCUT2D eigenvalue weighted by Gasteiger charge is 2.34. The summed E-state index contributed by atoms with van der Waals surface area (Å²) in [5.74, 6) is 5.64. The smallest absolute Gasteiger partial charge is 0.324 e. The van der Waals surface area contributed by atoms with Crippen LogP contribution in [0.1, 0.15) is 34.2 Å². The number of benzene rings is 2. The fourth-order valence-corrected chi connectivity index (χ4v) is 3.25. The summed E-state index contributed by atoms with van der Waals surface area (Å²) in [6, 6.07) is 13.1. The number of halogens is 3. The van der Waals surface area contributed by atoms with Crippen LogP contribution in [0.5, 0.6) is 0 Å². The van der Waals surface area contributed by atoms with Gasteiger partial charge in [0.05, 0.1) is 29.1 Å². The molecular weight excluding hydrogens is 403 g/mol. The number of nitrogens with one attached hydrogen (secondary N) is 1. The lowest BCUT2D eigenvalue weighted by Gasteiger charge is -2.13. The molecule has 0 saturated carbocycles. The zero-order valence-corrected chi connectivity index (χ0v) is 16.4. The van der Waals surface area contributed by atoms with Gasteiger partial charge in [-0.05, 0) is 54.4 Å². The topological polar surface area (TPSA) is 54.4 Å². The van der Waals surface area contributed by atoms with Crippen molar-refractivity contribution >= 4 is 23.0 Å². The first-order valence-electron chi connectivity index (χ1n) is 9.41. The minimum absolute atomic E-state index is 0.0431. The fraction of sp³-hybridized carbons (Fsp3) is 0.125. The van der Waals surface area contributed by atoms with Crippen molar-refractivity contribution in [2.45, 2.75) is 19.5 Å². The number of hydrogen-bond donors (Lipinski definition) is 1. The van der Waals surface area contributed by atoms with Gasteiger partial charge >= 0.3 is 6.18 Å². The Balaban J connectivity index is 1.73. The van der Waals surface area contributed by atoms with E-state index in [0.29, 0.717) is 11.3 Å². The van der Waals surface area contributed by atoms with Crippen LogP contribution in [0.4, 0.5) is 24.5 Å². The van der Waals surface area contributed by atoms with Crippen molar-refractivity contribution in [2.75, 3.05) is 5.32 Å². The number of hydrogen-bond acceptors (Lipinski definition) is 3. The highest BCUT2D eigenvalue weighted by Crippen LogP contribution is 2.39. The number of aryl methyl sites for hydroxylation is 1. The van der Waals surface area contributed by atoms with Crippen molar-refractivity contribution in [2.24, 2.45) is 4.99 Å². The van der Waals surface area contributed by atoms with Gasteiger partial charge in [0.25, 0.3) is 0 Å².